The number of fused-ring (bicyclic) bond motifs is 1. The second-order valence-electron chi connectivity index (χ2n) is 4.77. The lowest BCUT2D eigenvalue weighted by atomic mass is 10.1. The van der Waals surface area contributed by atoms with Gasteiger partial charge in [-0.2, -0.15) is 0 Å². The van der Waals surface area contributed by atoms with Crippen LogP contribution in [0.2, 0.25) is 0 Å². The Bertz CT molecular complexity index is 588. The lowest BCUT2D eigenvalue weighted by molar-refractivity contribution is 0.611. The number of amidine groups is 1. The Morgan fingerprint density at radius 2 is 2.28 bits per heavy atom. The zero-order valence-corrected chi connectivity index (χ0v) is 10.6. The van der Waals surface area contributed by atoms with E-state index in [-0.39, 0.29) is 11.3 Å². The number of nitrogens with zero attached hydrogens (tertiary/aromatic N) is 3. The molecule has 4 N–H and O–H groups in total. The summed E-state index contributed by atoms with van der Waals surface area (Å²) >= 11 is 1.69. The molecule has 94 valence electrons. The fraction of sp³-hybridized carbons (Fsp3) is 0.455. The molecule has 0 radical (unpaired) electrons. The van der Waals surface area contributed by atoms with Gasteiger partial charge in [0.1, 0.15) is 16.9 Å². The van der Waals surface area contributed by atoms with Gasteiger partial charge in [0.2, 0.25) is 0 Å². The molecule has 0 unspecified atom stereocenters. The van der Waals surface area contributed by atoms with Crippen LogP contribution in [0.4, 0.5) is 0 Å². The lowest BCUT2D eigenvalue weighted by Gasteiger charge is -2.12. The first kappa shape index (κ1) is 11.5. The van der Waals surface area contributed by atoms with Crippen LogP contribution in [0.15, 0.2) is 17.7 Å². The zero-order chi connectivity index (χ0) is 12.6. The minimum atomic E-state index is 0.216. The molecule has 2 aromatic rings. The molecule has 1 fully saturated rings. The van der Waals surface area contributed by atoms with E-state index in [1.165, 1.54) is 6.33 Å². The van der Waals surface area contributed by atoms with E-state index in [2.05, 4.69) is 19.9 Å². The Morgan fingerprint density at radius 1 is 1.44 bits per heavy atom. The minimum Gasteiger partial charge on any atom is -0.388 e. The first-order valence-corrected chi connectivity index (χ1v) is 6.77. The molecule has 0 amide bonds. The van der Waals surface area contributed by atoms with Crippen LogP contribution in [-0.4, -0.2) is 31.5 Å². The molecule has 0 bridgehead atoms. The zero-order valence-electron chi connectivity index (χ0n) is 9.81. The van der Waals surface area contributed by atoms with Crippen molar-refractivity contribution in [2.75, 3.05) is 5.75 Å². The van der Waals surface area contributed by atoms with Gasteiger partial charge in [0.25, 0.3) is 0 Å². The molecule has 6 nitrogen and oxygen atoms in total. The van der Waals surface area contributed by atoms with Crippen molar-refractivity contribution in [2.24, 2.45) is 11.1 Å². The lowest BCUT2D eigenvalue weighted by Crippen LogP contribution is -2.18. The molecule has 1 saturated carbocycles. The molecule has 0 aromatic carbocycles. The molecule has 2 heterocycles. The number of hydrogen-bond acceptors (Lipinski definition) is 5. The highest BCUT2D eigenvalue weighted by molar-refractivity contribution is 7.99. The number of nitrogens with one attached hydrogen (secondary N) is 2. The van der Waals surface area contributed by atoms with Crippen molar-refractivity contribution in [1.29, 1.82) is 5.41 Å². The number of aromatic nitrogens is 4. The van der Waals surface area contributed by atoms with Gasteiger partial charge < -0.3 is 10.7 Å². The molecular weight excluding hydrogens is 248 g/mol. The smallest absolute Gasteiger partial charge is 0.181 e. The highest BCUT2D eigenvalue weighted by atomic mass is 32.2. The summed E-state index contributed by atoms with van der Waals surface area (Å²) in [4.78, 5) is 15.5. The number of imidazole rings is 1. The van der Waals surface area contributed by atoms with Crippen molar-refractivity contribution in [2.45, 2.75) is 24.3 Å². The SMILES string of the molecule is N=C(N)CC1(CSc2ncnc3nc[nH]c23)CC1. The third-order valence-electron chi connectivity index (χ3n) is 3.23. The summed E-state index contributed by atoms with van der Waals surface area (Å²) in [6, 6.07) is 0. The average molecular weight is 262 g/mol. The number of nitrogens with two attached hydrogens (primary N) is 1. The molecule has 0 saturated heterocycles. The maximum absolute atomic E-state index is 7.41. The molecule has 0 atom stereocenters. The van der Waals surface area contributed by atoms with E-state index in [1.807, 2.05) is 0 Å². The van der Waals surface area contributed by atoms with Gasteiger partial charge in [0.15, 0.2) is 5.65 Å². The predicted octanol–water partition coefficient (Wildman–Crippen LogP) is 1.55. The fourth-order valence-corrected chi connectivity index (χ4v) is 3.28. The first-order valence-electron chi connectivity index (χ1n) is 5.78. The van der Waals surface area contributed by atoms with E-state index in [1.54, 1.807) is 18.1 Å². The third-order valence-corrected chi connectivity index (χ3v) is 4.57. The summed E-state index contributed by atoms with van der Waals surface area (Å²) < 4.78 is 0. The van der Waals surface area contributed by atoms with Crippen molar-refractivity contribution in [3.05, 3.63) is 12.7 Å². The molecule has 3 rings (SSSR count). The number of H-pyrrole nitrogens is 1. The minimum absolute atomic E-state index is 0.216. The van der Waals surface area contributed by atoms with Crippen molar-refractivity contribution >= 4 is 28.8 Å². The van der Waals surface area contributed by atoms with Crippen molar-refractivity contribution in [3.8, 4) is 0 Å². The van der Waals surface area contributed by atoms with Crippen molar-refractivity contribution in [1.82, 2.24) is 19.9 Å². The first-order chi connectivity index (χ1) is 8.69. The number of thioether (sulfide) groups is 1. The molecule has 0 aliphatic heterocycles. The molecule has 18 heavy (non-hydrogen) atoms. The largest absolute Gasteiger partial charge is 0.388 e. The molecule has 1 aliphatic carbocycles. The van der Waals surface area contributed by atoms with E-state index in [9.17, 15) is 0 Å². The highest BCUT2D eigenvalue weighted by Gasteiger charge is 2.43. The Kier molecular flexibility index (Phi) is 2.70. The van der Waals surface area contributed by atoms with Crippen molar-refractivity contribution in [3.63, 3.8) is 0 Å². The van der Waals surface area contributed by atoms with Crippen molar-refractivity contribution < 1.29 is 0 Å². The van der Waals surface area contributed by atoms with Gasteiger partial charge in [-0.15, -0.1) is 11.8 Å². The summed E-state index contributed by atoms with van der Waals surface area (Å²) in [7, 11) is 0. The van der Waals surface area contributed by atoms with Crippen LogP contribution in [0.3, 0.4) is 0 Å². The second kappa shape index (κ2) is 4.24. The second-order valence-corrected chi connectivity index (χ2v) is 5.73. The molecule has 2 aromatic heterocycles. The van der Waals surface area contributed by atoms with Gasteiger partial charge in [0.05, 0.1) is 12.2 Å². The third kappa shape index (κ3) is 2.17. The van der Waals surface area contributed by atoms with E-state index >= 15 is 0 Å². The number of rotatable bonds is 5. The van der Waals surface area contributed by atoms with Gasteiger partial charge >= 0.3 is 0 Å². The normalized spacial score (nSPS) is 16.9. The van der Waals surface area contributed by atoms with E-state index in [4.69, 9.17) is 11.1 Å². The fourth-order valence-electron chi connectivity index (χ4n) is 2.03. The number of aromatic amines is 1. The van der Waals surface area contributed by atoms with Crippen LogP contribution in [0.5, 0.6) is 0 Å². The van der Waals surface area contributed by atoms with Gasteiger partial charge in [-0.05, 0) is 18.3 Å². The standard InChI is InChI=1S/C11H14N6S/c12-7(13)3-11(1-2-11)4-18-10-8-9(15-5-14-8)16-6-17-10/h5-6H,1-4H2,(H3,12,13)(H,14,15,16,17). The van der Waals surface area contributed by atoms with E-state index in [0.29, 0.717) is 12.1 Å². The van der Waals surface area contributed by atoms with Gasteiger partial charge in [0, 0.05) is 12.2 Å². The number of hydrogen-bond donors (Lipinski definition) is 3. The maximum atomic E-state index is 7.41. The van der Waals surface area contributed by atoms with Crippen LogP contribution >= 0.6 is 11.8 Å². The summed E-state index contributed by atoms with van der Waals surface area (Å²) in [5, 5.41) is 8.33. The van der Waals surface area contributed by atoms with Crippen LogP contribution < -0.4 is 5.73 Å². The monoisotopic (exact) mass is 262 g/mol. The van der Waals surface area contributed by atoms with Crippen LogP contribution in [0.1, 0.15) is 19.3 Å². The van der Waals surface area contributed by atoms with Crippen LogP contribution in [0.25, 0.3) is 11.2 Å². The van der Waals surface area contributed by atoms with Crippen LogP contribution in [-0.2, 0) is 0 Å². The van der Waals surface area contributed by atoms with Gasteiger partial charge in [-0.1, -0.05) is 0 Å². The molecule has 7 heteroatoms. The molecular formula is C11H14N6S. The molecule has 1 aliphatic rings. The highest BCUT2D eigenvalue weighted by Crippen LogP contribution is 2.51. The summed E-state index contributed by atoms with van der Waals surface area (Å²) in [6.07, 6.45) is 6.16. The topological polar surface area (TPSA) is 104 Å². The van der Waals surface area contributed by atoms with E-state index < -0.39 is 0 Å². The Morgan fingerprint density at radius 3 is 3.00 bits per heavy atom. The maximum Gasteiger partial charge on any atom is 0.181 e. The van der Waals surface area contributed by atoms with E-state index in [0.717, 1.165) is 29.1 Å². The summed E-state index contributed by atoms with van der Waals surface area (Å²) in [5.74, 6) is 1.22. The quantitative estimate of drug-likeness (QED) is 0.328. The Balaban J connectivity index is 1.74. The Hall–Kier alpha value is -1.63. The van der Waals surface area contributed by atoms with Gasteiger partial charge in [-0.3, -0.25) is 5.41 Å². The van der Waals surface area contributed by atoms with Gasteiger partial charge in [-0.25, -0.2) is 15.0 Å². The molecule has 0 spiro atoms. The summed E-state index contributed by atoms with van der Waals surface area (Å²) in [5.41, 5.74) is 7.30. The summed E-state index contributed by atoms with van der Waals surface area (Å²) in [6.45, 7) is 0. The predicted molar refractivity (Wildman–Crippen MR) is 70.6 cm³/mol. The van der Waals surface area contributed by atoms with Crippen LogP contribution in [0, 0.1) is 10.8 Å². The Labute approximate surface area is 108 Å². The average Bonchev–Trinajstić information content (AvgIpc) is 2.91.